The highest BCUT2D eigenvalue weighted by Crippen LogP contribution is 2.30. The average molecular weight is 474 g/mol. The number of carbonyl (C=O) groups excluding carboxylic acids is 3. The summed E-state index contributed by atoms with van der Waals surface area (Å²) in [4.78, 5) is 54.4. The lowest BCUT2D eigenvalue weighted by molar-refractivity contribution is -0.384. The first kappa shape index (κ1) is 25.0. The minimum Gasteiger partial charge on any atom is -0.469 e. The van der Waals surface area contributed by atoms with Gasteiger partial charge in [-0.2, -0.15) is 5.11 Å². The first-order valence-electron chi connectivity index (χ1n) is 10.6. The first-order valence-corrected chi connectivity index (χ1v) is 10.6. The van der Waals surface area contributed by atoms with Crippen molar-refractivity contribution in [1.29, 1.82) is 0 Å². The minimum absolute atomic E-state index is 0.236. The molecule has 10 heteroatoms. The summed E-state index contributed by atoms with van der Waals surface area (Å²) >= 11 is 0. The topological polar surface area (TPSA) is 141 Å². The monoisotopic (exact) mass is 474 g/mol. The van der Waals surface area contributed by atoms with Gasteiger partial charge < -0.3 is 4.74 Å². The van der Waals surface area contributed by atoms with E-state index in [1.807, 2.05) is 0 Å². The van der Waals surface area contributed by atoms with Gasteiger partial charge in [0, 0.05) is 23.4 Å². The summed E-state index contributed by atoms with van der Waals surface area (Å²) in [7, 11) is 1.14. The number of nitro groups is 1. The number of rotatable bonds is 10. The van der Waals surface area contributed by atoms with Crippen molar-refractivity contribution in [3.8, 4) is 0 Å². The van der Waals surface area contributed by atoms with E-state index in [4.69, 9.17) is 4.74 Å². The van der Waals surface area contributed by atoms with Crippen molar-refractivity contribution in [2.75, 3.05) is 7.11 Å². The molecule has 178 valence electrons. The third-order valence-electron chi connectivity index (χ3n) is 5.33. The van der Waals surface area contributed by atoms with E-state index >= 15 is 0 Å². The van der Waals surface area contributed by atoms with Crippen LogP contribution in [0.1, 0.15) is 27.6 Å². The van der Waals surface area contributed by atoms with E-state index in [0.29, 0.717) is 0 Å². The van der Waals surface area contributed by atoms with E-state index in [1.54, 1.807) is 60.7 Å². The molecular weight excluding hydrogens is 452 g/mol. The molecular formula is C25H22N4O6. The van der Waals surface area contributed by atoms with Crippen LogP contribution in [0.5, 0.6) is 0 Å². The summed E-state index contributed by atoms with van der Waals surface area (Å²) in [5, 5.41) is 19.1. The van der Waals surface area contributed by atoms with E-state index in [1.165, 1.54) is 25.3 Å². The van der Waals surface area contributed by atoms with Crippen LogP contribution in [0.3, 0.4) is 0 Å². The second-order valence-electron chi connectivity index (χ2n) is 7.55. The van der Waals surface area contributed by atoms with Crippen molar-refractivity contribution in [3.05, 3.63) is 100 Å². The Balaban J connectivity index is 2.07. The lowest BCUT2D eigenvalue weighted by Crippen LogP contribution is -2.42. The standard InChI is InChI=1S/C25H22N4O6/c1-16(27-28-24-19(29(33)34)14-9-15-26-24)20(25(32)35-2)21(22(30)17-10-5-3-6-11-17)23(31)18-12-7-4-8-13-18/h3-16,20-21H,1-2H3. The summed E-state index contributed by atoms with van der Waals surface area (Å²) in [5.41, 5.74) is 0.0933. The third-order valence-corrected chi connectivity index (χ3v) is 5.33. The highest BCUT2D eigenvalue weighted by atomic mass is 16.6. The van der Waals surface area contributed by atoms with Gasteiger partial charge in [-0.25, -0.2) is 4.98 Å². The Morgan fingerprint density at radius 1 is 0.914 bits per heavy atom. The summed E-state index contributed by atoms with van der Waals surface area (Å²) in [6, 6.07) is 17.7. The Labute approximate surface area is 200 Å². The maximum absolute atomic E-state index is 13.5. The molecule has 0 saturated carbocycles. The molecule has 0 fully saturated rings. The molecule has 2 atom stereocenters. The number of ether oxygens (including phenoxy) is 1. The van der Waals surface area contributed by atoms with Crippen molar-refractivity contribution >= 4 is 29.0 Å². The quantitative estimate of drug-likeness (QED) is 0.104. The fourth-order valence-corrected chi connectivity index (χ4v) is 3.58. The molecule has 0 amide bonds. The van der Waals surface area contributed by atoms with Gasteiger partial charge >= 0.3 is 11.7 Å². The zero-order valence-corrected chi connectivity index (χ0v) is 19.0. The smallest absolute Gasteiger partial charge is 0.315 e. The second-order valence-corrected chi connectivity index (χ2v) is 7.55. The molecule has 0 N–H and O–H groups in total. The fraction of sp³-hybridized carbons (Fsp3) is 0.200. The van der Waals surface area contributed by atoms with Gasteiger partial charge in [-0.1, -0.05) is 60.7 Å². The maximum Gasteiger partial charge on any atom is 0.315 e. The largest absolute Gasteiger partial charge is 0.469 e. The number of hydrogen-bond donors (Lipinski definition) is 0. The number of esters is 1. The lowest BCUT2D eigenvalue weighted by atomic mass is 9.77. The van der Waals surface area contributed by atoms with Crippen molar-refractivity contribution in [2.24, 2.45) is 22.1 Å². The predicted molar refractivity (Wildman–Crippen MR) is 125 cm³/mol. The minimum atomic E-state index is -1.47. The number of pyridine rings is 1. The lowest BCUT2D eigenvalue weighted by Gasteiger charge is -2.25. The van der Waals surface area contributed by atoms with Gasteiger partial charge in [-0.3, -0.25) is 24.5 Å². The van der Waals surface area contributed by atoms with Gasteiger partial charge in [0.15, 0.2) is 11.6 Å². The molecule has 3 rings (SSSR count). The van der Waals surface area contributed by atoms with E-state index < -0.39 is 40.3 Å². The molecule has 0 aliphatic carbocycles. The third kappa shape index (κ3) is 5.85. The van der Waals surface area contributed by atoms with Gasteiger partial charge in [0.25, 0.3) is 5.82 Å². The molecule has 1 heterocycles. The van der Waals surface area contributed by atoms with Gasteiger partial charge in [0.05, 0.1) is 24.0 Å². The zero-order chi connectivity index (χ0) is 25.4. The van der Waals surface area contributed by atoms with Crippen molar-refractivity contribution in [3.63, 3.8) is 0 Å². The van der Waals surface area contributed by atoms with Gasteiger partial charge in [-0.15, -0.1) is 5.11 Å². The van der Waals surface area contributed by atoms with Crippen LogP contribution >= 0.6 is 0 Å². The van der Waals surface area contributed by atoms with Crippen LogP contribution in [-0.2, 0) is 9.53 Å². The molecule has 0 radical (unpaired) electrons. The number of hydrogen-bond acceptors (Lipinski definition) is 9. The Bertz CT molecular complexity index is 1200. The molecule has 0 bridgehead atoms. The van der Waals surface area contributed by atoms with Crippen LogP contribution in [0.25, 0.3) is 0 Å². The molecule has 0 aliphatic heterocycles. The Hall–Kier alpha value is -4.60. The molecule has 0 spiro atoms. The summed E-state index contributed by atoms with van der Waals surface area (Å²) in [6.45, 7) is 1.48. The molecule has 35 heavy (non-hydrogen) atoms. The van der Waals surface area contributed by atoms with Crippen molar-refractivity contribution in [2.45, 2.75) is 13.0 Å². The number of nitrogens with zero attached hydrogens (tertiary/aromatic N) is 4. The van der Waals surface area contributed by atoms with Crippen LogP contribution in [0.15, 0.2) is 89.2 Å². The normalized spacial score (nSPS) is 12.8. The molecule has 0 saturated heterocycles. The SMILES string of the molecule is COC(=O)C(C(C)N=Nc1ncccc1[N+](=O)[O-])C(C(=O)c1ccccc1)C(=O)c1ccccc1. The average Bonchev–Trinajstić information content (AvgIpc) is 2.90. The Kier molecular flexibility index (Phi) is 8.23. The molecule has 0 aliphatic rings. The number of ketones is 2. The first-order chi connectivity index (χ1) is 16.8. The van der Waals surface area contributed by atoms with Crippen LogP contribution in [-0.4, -0.2) is 40.6 Å². The Morgan fingerprint density at radius 2 is 1.46 bits per heavy atom. The van der Waals surface area contributed by atoms with Crippen LogP contribution in [0.2, 0.25) is 0 Å². The van der Waals surface area contributed by atoms with E-state index in [0.717, 1.165) is 7.11 Å². The number of aromatic nitrogens is 1. The van der Waals surface area contributed by atoms with Crippen LogP contribution in [0.4, 0.5) is 11.5 Å². The van der Waals surface area contributed by atoms with E-state index in [9.17, 15) is 24.5 Å². The number of methoxy groups -OCH3 is 1. The summed E-state index contributed by atoms with van der Waals surface area (Å²) in [6.07, 6.45) is 1.31. The number of benzene rings is 2. The van der Waals surface area contributed by atoms with Gasteiger partial charge in [0.1, 0.15) is 5.92 Å². The molecule has 10 nitrogen and oxygen atoms in total. The maximum atomic E-state index is 13.5. The highest BCUT2D eigenvalue weighted by molar-refractivity contribution is 6.18. The molecule has 2 aromatic carbocycles. The molecule has 2 unspecified atom stereocenters. The summed E-state index contributed by atoms with van der Waals surface area (Å²) < 4.78 is 4.93. The van der Waals surface area contributed by atoms with Gasteiger partial charge in [-0.05, 0) is 13.0 Å². The number of azo groups is 1. The number of Topliss-reactive ketones (excluding diaryl/α,β-unsaturated/α-hetero) is 2. The number of carbonyl (C=O) groups is 3. The van der Waals surface area contributed by atoms with E-state index in [-0.39, 0.29) is 22.6 Å². The van der Waals surface area contributed by atoms with Gasteiger partial charge in [0.2, 0.25) is 0 Å². The predicted octanol–water partition coefficient (Wildman–Crippen LogP) is 4.63. The molecule has 1 aromatic heterocycles. The van der Waals surface area contributed by atoms with Crippen LogP contribution in [0, 0.1) is 22.0 Å². The van der Waals surface area contributed by atoms with E-state index in [2.05, 4.69) is 15.2 Å². The zero-order valence-electron chi connectivity index (χ0n) is 19.0. The Morgan fingerprint density at radius 3 is 1.94 bits per heavy atom. The summed E-state index contributed by atoms with van der Waals surface area (Å²) in [5.74, 6) is -5.10. The second kappa shape index (κ2) is 11.5. The molecule has 3 aromatic rings. The highest BCUT2D eigenvalue weighted by Gasteiger charge is 2.44. The fourth-order valence-electron chi connectivity index (χ4n) is 3.58. The van der Waals surface area contributed by atoms with Crippen LogP contribution < -0.4 is 0 Å². The van der Waals surface area contributed by atoms with Crippen molar-refractivity contribution in [1.82, 2.24) is 4.98 Å². The van der Waals surface area contributed by atoms with Crippen molar-refractivity contribution < 1.29 is 24.0 Å².